The van der Waals surface area contributed by atoms with Gasteiger partial charge in [-0.2, -0.15) is 13.2 Å². The van der Waals surface area contributed by atoms with Crippen LogP contribution in [0.4, 0.5) is 17.6 Å². The smallest absolute Gasteiger partial charge is 0.419 e. The molecule has 0 aliphatic heterocycles. The Kier molecular flexibility index (Phi) is 10.4. The van der Waals surface area contributed by atoms with Gasteiger partial charge < -0.3 is 4.74 Å². The molecule has 154 valence electrons. The van der Waals surface area contributed by atoms with Gasteiger partial charge in [0.25, 0.3) is 0 Å². The summed E-state index contributed by atoms with van der Waals surface area (Å²) in [5, 5.41) is 0. The summed E-state index contributed by atoms with van der Waals surface area (Å²) in [6.07, 6.45) is 4.66. The lowest BCUT2D eigenvalue weighted by Crippen LogP contribution is -2.20. The molecule has 0 N–H and O–H groups in total. The fourth-order valence-electron chi connectivity index (χ4n) is 3.04. The number of esters is 1. The van der Waals surface area contributed by atoms with Gasteiger partial charge in [0, 0.05) is 0 Å². The number of hydrogen-bond donors (Lipinski definition) is 0. The first-order valence-electron chi connectivity index (χ1n) is 9.87. The van der Waals surface area contributed by atoms with Crippen molar-refractivity contribution in [3.05, 3.63) is 35.1 Å². The van der Waals surface area contributed by atoms with E-state index in [2.05, 4.69) is 6.92 Å². The molecule has 1 atom stereocenters. The summed E-state index contributed by atoms with van der Waals surface area (Å²) >= 11 is 0. The standard InChI is InChI=1S/C21H30F4O2/c1-3-5-6-7-8-9-10-13-16(12-4-2)27-20(26)17-14-11-15-18(19(17)22)21(23,24)25/h11,14-16H,3-10,12-13H2,1-2H3. The van der Waals surface area contributed by atoms with Gasteiger partial charge in [0.05, 0.1) is 11.1 Å². The van der Waals surface area contributed by atoms with Gasteiger partial charge in [0.1, 0.15) is 11.9 Å². The summed E-state index contributed by atoms with van der Waals surface area (Å²) in [5.41, 5.74) is -2.11. The molecule has 0 heterocycles. The Morgan fingerprint density at radius 1 is 0.963 bits per heavy atom. The number of ether oxygens (including phenoxy) is 1. The van der Waals surface area contributed by atoms with Crippen LogP contribution >= 0.6 is 0 Å². The highest BCUT2D eigenvalue weighted by molar-refractivity contribution is 5.90. The molecule has 0 aliphatic rings. The van der Waals surface area contributed by atoms with E-state index in [0.29, 0.717) is 18.9 Å². The van der Waals surface area contributed by atoms with E-state index in [0.717, 1.165) is 37.8 Å². The van der Waals surface area contributed by atoms with Crippen LogP contribution in [0.3, 0.4) is 0 Å². The molecule has 1 aromatic carbocycles. The Balaban J connectivity index is 2.60. The van der Waals surface area contributed by atoms with Crippen molar-refractivity contribution in [1.29, 1.82) is 0 Å². The summed E-state index contributed by atoms with van der Waals surface area (Å²) in [4.78, 5) is 12.2. The molecule has 0 bridgehead atoms. The first kappa shape index (κ1) is 23.4. The van der Waals surface area contributed by atoms with E-state index in [1.807, 2.05) is 6.92 Å². The number of halogens is 4. The van der Waals surface area contributed by atoms with Gasteiger partial charge in [-0.05, 0) is 31.4 Å². The van der Waals surface area contributed by atoms with Gasteiger partial charge in [-0.25, -0.2) is 9.18 Å². The van der Waals surface area contributed by atoms with Crippen LogP contribution in [-0.4, -0.2) is 12.1 Å². The van der Waals surface area contributed by atoms with Crippen LogP contribution in [0.2, 0.25) is 0 Å². The second kappa shape index (κ2) is 12.0. The number of unbranched alkanes of at least 4 members (excludes halogenated alkanes) is 6. The molecule has 1 aromatic rings. The van der Waals surface area contributed by atoms with Crippen LogP contribution in [0.15, 0.2) is 18.2 Å². The third-order valence-electron chi connectivity index (χ3n) is 4.54. The lowest BCUT2D eigenvalue weighted by molar-refractivity contribution is -0.140. The number of carbonyl (C=O) groups excluding carboxylic acids is 1. The molecule has 0 aliphatic carbocycles. The molecule has 0 fully saturated rings. The molecule has 1 unspecified atom stereocenters. The minimum atomic E-state index is -4.85. The third-order valence-corrected chi connectivity index (χ3v) is 4.54. The van der Waals surface area contributed by atoms with Gasteiger partial charge >= 0.3 is 12.1 Å². The van der Waals surface area contributed by atoms with Crippen LogP contribution in [-0.2, 0) is 10.9 Å². The lowest BCUT2D eigenvalue weighted by atomic mass is 10.0. The van der Waals surface area contributed by atoms with Crippen molar-refractivity contribution >= 4 is 5.97 Å². The summed E-state index contributed by atoms with van der Waals surface area (Å²) in [6.45, 7) is 4.10. The molecule has 1 rings (SSSR count). The zero-order chi connectivity index (χ0) is 20.3. The zero-order valence-electron chi connectivity index (χ0n) is 16.2. The maximum Gasteiger partial charge on any atom is 0.419 e. The Morgan fingerprint density at radius 2 is 1.59 bits per heavy atom. The Hall–Kier alpha value is -1.59. The SMILES string of the molecule is CCCCCCCCCC(CCC)OC(=O)c1cccc(C(F)(F)F)c1F. The molecule has 27 heavy (non-hydrogen) atoms. The van der Waals surface area contributed by atoms with Crippen LogP contribution < -0.4 is 0 Å². The maximum absolute atomic E-state index is 14.1. The van der Waals surface area contributed by atoms with Crippen LogP contribution in [0, 0.1) is 5.82 Å². The highest BCUT2D eigenvalue weighted by atomic mass is 19.4. The average Bonchev–Trinajstić information content (AvgIpc) is 2.60. The topological polar surface area (TPSA) is 26.3 Å². The average molecular weight is 390 g/mol. The second-order valence-corrected chi connectivity index (χ2v) is 6.89. The number of alkyl halides is 3. The molecule has 0 saturated carbocycles. The van der Waals surface area contributed by atoms with Crippen molar-refractivity contribution in [3.8, 4) is 0 Å². The molecule has 0 aromatic heterocycles. The van der Waals surface area contributed by atoms with Crippen molar-refractivity contribution in [2.24, 2.45) is 0 Å². The van der Waals surface area contributed by atoms with Gasteiger partial charge in [0.15, 0.2) is 0 Å². The molecular formula is C21H30F4O2. The van der Waals surface area contributed by atoms with Crippen molar-refractivity contribution in [3.63, 3.8) is 0 Å². The second-order valence-electron chi connectivity index (χ2n) is 6.89. The normalized spacial score (nSPS) is 12.8. The predicted octanol–water partition coefficient (Wildman–Crippen LogP) is 7.31. The first-order chi connectivity index (χ1) is 12.8. The fourth-order valence-corrected chi connectivity index (χ4v) is 3.04. The van der Waals surface area contributed by atoms with Crippen molar-refractivity contribution < 1.29 is 27.1 Å². The van der Waals surface area contributed by atoms with Crippen molar-refractivity contribution in [2.45, 2.75) is 90.3 Å². The van der Waals surface area contributed by atoms with E-state index in [4.69, 9.17) is 4.74 Å². The summed E-state index contributed by atoms with van der Waals surface area (Å²) in [5.74, 6) is -2.60. The lowest BCUT2D eigenvalue weighted by Gasteiger charge is -2.18. The monoisotopic (exact) mass is 390 g/mol. The Morgan fingerprint density at radius 3 is 2.19 bits per heavy atom. The fraction of sp³-hybridized carbons (Fsp3) is 0.667. The maximum atomic E-state index is 14.1. The van der Waals surface area contributed by atoms with Crippen molar-refractivity contribution in [2.75, 3.05) is 0 Å². The van der Waals surface area contributed by atoms with E-state index < -0.39 is 35.2 Å². The Bertz CT molecular complexity index is 570. The number of carbonyl (C=O) groups is 1. The van der Waals surface area contributed by atoms with Gasteiger partial charge in [-0.1, -0.05) is 64.9 Å². The molecule has 6 heteroatoms. The highest BCUT2D eigenvalue weighted by Crippen LogP contribution is 2.32. The molecule has 0 spiro atoms. The van der Waals surface area contributed by atoms with Crippen LogP contribution in [0.25, 0.3) is 0 Å². The quantitative estimate of drug-likeness (QED) is 0.212. The molecule has 0 saturated heterocycles. The largest absolute Gasteiger partial charge is 0.459 e. The minimum Gasteiger partial charge on any atom is -0.459 e. The zero-order valence-corrected chi connectivity index (χ0v) is 16.2. The van der Waals surface area contributed by atoms with E-state index >= 15 is 0 Å². The summed E-state index contributed by atoms with van der Waals surface area (Å²) in [6, 6.07) is 2.67. The molecule has 0 radical (unpaired) electrons. The van der Waals surface area contributed by atoms with Gasteiger partial charge in [-0.3, -0.25) is 0 Å². The molecule has 2 nitrogen and oxygen atoms in total. The number of rotatable bonds is 12. The van der Waals surface area contributed by atoms with Gasteiger partial charge in [0.2, 0.25) is 0 Å². The minimum absolute atomic E-state index is 0.396. The van der Waals surface area contributed by atoms with Gasteiger partial charge in [-0.15, -0.1) is 0 Å². The molecule has 0 amide bonds. The highest BCUT2D eigenvalue weighted by Gasteiger charge is 2.36. The van der Waals surface area contributed by atoms with E-state index in [-0.39, 0.29) is 0 Å². The van der Waals surface area contributed by atoms with E-state index in [1.165, 1.54) is 25.7 Å². The summed E-state index contributed by atoms with van der Waals surface area (Å²) in [7, 11) is 0. The van der Waals surface area contributed by atoms with E-state index in [9.17, 15) is 22.4 Å². The predicted molar refractivity (Wildman–Crippen MR) is 98.1 cm³/mol. The first-order valence-corrected chi connectivity index (χ1v) is 9.87. The van der Waals surface area contributed by atoms with Crippen LogP contribution in [0.5, 0.6) is 0 Å². The molecular weight excluding hydrogens is 360 g/mol. The van der Waals surface area contributed by atoms with Crippen LogP contribution in [0.1, 0.15) is 94.0 Å². The van der Waals surface area contributed by atoms with E-state index in [1.54, 1.807) is 0 Å². The van der Waals surface area contributed by atoms with Crippen molar-refractivity contribution in [1.82, 2.24) is 0 Å². The Labute approximate surface area is 159 Å². The summed E-state index contributed by atoms with van der Waals surface area (Å²) < 4.78 is 57.8. The number of benzene rings is 1. The third kappa shape index (κ3) is 8.31. The number of hydrogen-bond acceptors (Lipinski definition) is 2.